The molecule has 2 aromatic carbocycles. The second-order valence-corrected chi connectivity index (χ2v) is 7.41. The van der Waals surface area contributed by atoms with Gasteiger partial charge in [0.1, 0.15) is 6.61 Å². The normalized spacial score (nSPS) is 12.5. The second kappa shape index (κ2) is 8.41. The molecule has 0 radical (unpaired) electrons. The molecule has 3 aromatic rings. The van der Waals surface area contributed by atoms with Crippen molar-refractivity contribution in [3.63, 3.8) is 0 Å². The van der Waals surface area contributed by atoms with Crippen molar-refractivity contribution in [2.75, 3.05) is 18.5 Å². The number of carbonyl (C=O) groups excluding carboxylic acids is 1. The Hall–Kier alpha value is -3.61. The van der Waals surface area contributed by atoms with Crippen LogP contribution in [0.2, 0.25) is 0 Å². The third-order valence-corrected chi connectivity index (χ3v) is 5.12. The first kappa shape index (κ1) is 19.7. The average molecular weight is 404 g/mol. The maximum absolute atomic E-state index is 13.1. The summed E-state index contributed by atoms with van der Waals surface area (Å²) in [6, 6.07) is 17.4. The number of ether oxygens (including phenoxy) is 1. The van der Waals surface area contributed by atoms with Gasteiger partial charge in [0.05, 0.1) is 0 Å². The van der Waals surface area contributed by atoms with Crippen LogP contribution in [-0.2, 0) is 19.7 Å². The van der Waals surface area contributed by atoms with Crippen molar-refractivity contribution < 1.29 is 9.53 Å². The molecule has 7 heteroatoms. The third kappa shape index (κ3) is 4.05. The van der Waals surface area contributed by atoms with Crippen molar-refractivity contribution in [2.24, 2.45) is 0 Å². The molecule has 1 N–H and O–H groups in total. The van der Waals surface area contributed by atoms with Gasteiger partial charge < -0.3 is 15.0 Å². The Morgan fingerprint density at radius 3 is 2.53 bits per heavy atom. The quantitative estimate of drug-likeness (QED) is 0.683. The number of anilines is 1. The van der Waals surface area contributed by atoms with Gasteiger partial charge in [0.25, 0.3) is 11.5 Å². The summed E-state index contributed by atoms with van der Waals surface area (Å²) in [6.07, 6.45) is 0. The molecule has 0 atom stereocenters. The van der Waals surface area contributed by atoms with Crippen molar-refractivity contribution >= 4 is 11.9 Å². The molecule has 0 bridgehead atoms. The molecule has 30 heavy (non-hydrogen) atoms. The van der Waals surface area contributed by atoms with E-state index in [-0.39, 0.29) is 23.6 Å². The summed E-state index contributed by atoms with van der Waals surface area (Å²) in [5.41, 5.74) is 2.71. The van der Waals surface area contributed by atoms with Gasteiger partial charge in [-0.05, 0) is 18.1 Å². The molecule has 0 aliphatic carbocycles. The van der Waals surface area contributed by atoms with E-state index in [0.717, 1.165) is 16.7 Å². The molecule has 1 aromatic heterocycles. The lowest BCUT2D eigenvalue weighted by Crippen LogP contribution is -2.31. The molecule has 7 nitrogen and oxygen atoms in total. The summed E-state index contributed by atoms with van der Waals surface area (Å²) in [5, 5.41) is 2.86. The minimum atomic E-state index is -0.431. The van der Waals surface area contributed by atoms with Crippen molar-refractivity contribution in [1.82, 2.24) is 14.9 Å². The van der Waals surface area contributed by atoms with Gasteiger partial charge in [0, 0.05) is 26.7 Å². The first-order valence-electron chi connectivity index (χ1n) is 9.89. The van der Waals surface area contributed by atoms with Gasteiger partial charge >= 0.3 is 0 Å². The van der Waals surface area contributed by atoms with Gasteiger partial charge in [-0.15, -0.1) is 0 Å². The van der Waals surface area contributed by atoms with Crippen LogP contribution in [-0.4, -0.2) is 29.1 Å². The number of fused-ring (bicyclic) bond motifs is 1. The van der Waals surface area contributed by atoms with Crippen LogP contribution in [0, 0.1) is 6.92 Å². The number of aromatic nitrogens is 2. The number of hydrogen-bond acceptors (Lipinski definition) is 5. The van der Waals surface area contributed by atoms with Gasteiger partial charge in [-0.3, -0.25) is 14.2 Å². The number of nitrogens with zero attached hydrogens (tertiary/aromatic N) is 3. The Morgan fingerprint density at radius 1 is 1.07 bits per heavy atom. The number of carbonyl (C=O) groups is 1. The lowest BCUT2D eigenvalue weighted by Gasteiger charge is -2.15. The molecule has 1 amide bonds. The highest BCUT2D eigenvalue weighted by molar-refractivity contribution is 5.95. The molecular formula is C23H24N4O3. The smallest absolute Gasteiger partial charge is 0.298 e. The summed E-state index contributed by atoms with van der Waals surface area (Å²) < 4.78 is 7.38. The van der Waals surface area contributed by atoms with E-state index >= 15 is 0 Å². The van der Waals surface area contributed by atoms with E-state index in [1.54, 1.807) is 4.57 Å². The van der Waals surface area contributed by atoms with Gasteiger partial charge in [-0.1, -0.05) is 60.2 Å². The van der Waals surface area contributed by atoms with E-state index in [1.807, 2.05) is 73.5 Å². The number of likely N-dealkylation sites (N-methyl/N-ethyl adjacent to an activating group) is 1. The third-order valence-electron chi connectivity index (χ3n) is 5.12. The summed E-state index contributed by atoms with van der Waals surface area (Å²) in [4.78, 5) is 32.4. The molecule has 4 rings (SSSR count). The van der Waals surface area contributed by atoms with Crippen LogP contribution in [0.3, 0.4) is 0 Å². The van der Waals surface area contributed by atoms with E-state index < -0.39 is 5.91 Å². The number of rotatable bonds is 6. The summed E-state index contributed by atoms with van der Waals surface area (Å²) in [7, 11) is 1.85. The molecule has 1 aliphatic rings. The maximum atomic E-state index is 13.1. The fraction of sp³-hybridized carbons (Fsp3) is 0.261. The largest absolute Gasteiger partial charge is 0.481 e. The van der Waals surface area contributed by atoms with E-state index in [4.69, 9.17) is 4.74 Å². The summed E-state index contributed by atoms with van der Waals surface area (Å²) in [6.45, 7) is 3.72. The van der Waals surface area contributed by atoms with Crippen LogP contribution in [0.25, 0.3) is 0 Å². The number of amides is 1. The maximum Gasteiger partial charge on any atom is 0.298 e. The Labute approximate surface area is 174 Å². The first-order valence-corrected chi connectivity index (χ1v) is 9.89. The molecular weight excluding hydrogens is 380 g/mol. The fourth-order valence-electron chi connectivity index (χ4n) is 3.35. The number of benzene rings is 2. The Balaban J connectivity index is 1.61. The molecule has 0 fully saturated rings. The zero-order valence-electron chi connectivity index (χ0n) is 17.1. The predicted octanol–water partition coefficient (Wildman–Crippen LogP) is 2.51. The number of aryl methyl sites for hydroxylation is 1. The SMILES string of the molecule is Cc1ccc(CNC(=O)c2nc3n(c(=O)c2OCc2ccccc2)CCN3C)cc1. The van der Waals surface area contributed by atoms with Crippen molar-refractivity contribution in [1.29, 1.82) is 0 Å². The van der Waals surface area contributed by atoms with E-state index in [0.29, 0.717) is 25.6 Å². The van der Waals surface area contributed by atoms with Crippen LogP contribution >= 0.6 is 0 Å². The van der Waals surface area contributed by atoms with Crippen LogP contribution in [0.4, 0.5) is 5.95 Å². The highest BCUT2D eigenvalue weighted by Gasteiger charge is 2.27. The van der Waals surface area contributed by atoms with Gasteiger partial charge in [-0.25, -0.2) is 4.98 Å². The summed E-state index contributed by atoms with van der Waals surface area (Å²) in [5.74, 6) is 0.0336. The topological polar surface area (TPSA) is 76.5 Å². The molecule has 154 valence electrons. The molecule has 0 saturated heterocycles. The van der Waals surface area contributed by atoms with Crippen LogP contribution < -0.4 is 20.5 Å². The van der Waals surface area contributed by atoms with Crippen LogP contribution in [0.5, 0.6) is 5.75 Å². The lowest BCUT2D eigenvalue weighted by molar-refractivity contribution is 0.0940. The van der Waals surface area contributed by atoms with Crippen molar-refractivity contribution in [3.8, 4) is 5.75 Å². The molecule has 0 saturated carbocycles. The second-order valence-electron chi connectivity index (χ2n) is 7.41. The standard InChI is InChI=1S/C23H24N4O3/c1-16-8-10-17(11-9-16)14-24-21(28)19-20(30-15-18-6-4-3-5-7-18)22(29)27-13-12-26(2)23(27)25-19/h3-11H,12-15H2,1-2H3,(H,24,28). The number of nitrogens with one attached hydrogen (secondary N) is 1. The number of hydrogen-bond donors (Lipinski definition) is 1. The minimum Gasteiger partial charge on any atom is -0.481 e. The Bertz CT molecular complexity index is 1110. The van der Waals surface area contributed by atoms with E-state index in [2.05, 4.69) is 10.3 Å². The van der Waals surface area contributed by atoms with Gasteiger partial charge in [0.15, 0.2) is 5.69 Å². The highest BCUT2D eigenvalue weighted by atomic mass is 16.5. The molecule has 0 spiro atoms. The van der Waals surface area contributed by atoms with E-state index in [1.165, 1.54) is 0 Å². The zero-order valence-corrected chi connectivity index (χ0v) is 17.1. The summed E-state index contributed by atoms with van der Waals surface area (Å²) >= 11 is 0. The lowest BCUT2D eigenvalue weighted by atomic mass is 10.1. The monoisotopic (exact) mass is 404 g/mol. The highest BCUT2D eigenvalue weighted by Crippen LogP contribution is 2.21. The van der Waals surface area contributed by atoms with Crippen LogP contribution in [0.1, 0.15) is 27.2 Å². The predicted molar refractivity (Wildman–Crippen MR) is 115 cm³/mol. The Morgan fingerprint density at radius 2 is 1.80 bits per heavy atom. The van der Waals surface area contributed by atoms with Crippen molar-refractivity contribution in [2.45, 2.75) is 26.6 Å². The van der Waals surface area contributed by atoms with E-state index in [9.17, 15) is 9.59 Å². The minimum absolute atomic E-state index is 0.0145. The first-order chi connectivity index (χ1) is 14.5. The van der Waals surface area contributed by atoms with Gasteiger partial charge in [-0.2, -0.15) is 0 Å². The molecule has 1 aliphatic heterocycles. The average Bonchev–Trinajstić information content (AvgIpc) is 3.14. The molecule has 0 unspecified atom stereocenters. The zero-order chi connectivity index (χ0) is 21.1. The Kier molecular flexibility index (Phi) is 5.52. The van der Waals surface area contributed by atoms with Gasteiger partial charge in [0.2, 0.25) is 11.7 Å². The fourth-order valence-corrected chi connectivity index (χ4v) is 3.35. The van der Waals surface area contributed by atoms with Crippen molar-refractivity contribution in [3.05, 3.63) is 87.3 Å². The molecule has 2 heterocycles. The van der Waals surface area contributed by atoms with Crippen LogP contribution in [0.15, 0.2) is 59.4 Å².